The molecule has 0 aliphatic rings. The molecule has 2 aromatic rings. The Labute approximate surface area is 106 Å². The van der Waals surface area contributed by atoms with Gasteiger partial charge in [0.15, 0.2) is 0 Å². The maximum Gasteiger partial charge on any atom is 0.119 e. The zero-order valence-corrected chi connectivity index (χ0v) is 9.95. The molecule has 0 spiro atoms. The van der Waals surface area contributed by atoms with E-state index in [0.29, 0.717) is 6.42 Å². The van der Waals surface area contributed by atoms with Crippen molar-refractivity contribution < 1.29 is 15.3 Å². The summed E-state index contributed by atoms with van der Waals surface area (Å²) in [6, 6.07) is 14.0. The van der Waals surface area contributed by atoms with Crippen molar-refractivity contribution in [2.75, 3.05) is 6.61 Å². The molecule has 0 aliphatic heterocycles. The average Bonchev–Trinajstić information content (AvgIpc) is 2.38. The minimum atomic E-state index is -0.0724. The van der Waals surface area contributed by atoms with E-state index in [-0.39, 0.29) is 24.0 Å². The Bertz CT molecular complexity index is 505. The molecule has 0 amide bonds. The van der Waals surface area contributed by atoms with Crippen LogP contribution in [0.5, 0.6) is 11.5 Å². The van der Waals surface area contributed by atoms with Gasteiger partial charge in [-0.1, -0.05) is 30.3 Å². The lowest BCUT2D eigenvalue weighted by molar-refractivity contribution is 0.280. The van der Waals surface area contributed by atoms with Crippen LogP contribution in [-0.2, 0) is 0 Å². The molecule has 1 atom stereocenters. The summed E-state index contributed by atoms with van der Waals surface area (Å²) in [5.41, 5.74) is 1.75. The van der Waals surface area contributed by atoms with E-state index in [9.17, 15) is 15.3 Å². The Morgan fingerprint density at radius 1 is 0.889 bits per heavy atom. The van der Waals surface area contributed by atoms with Crippen LogP contribution in [-0.4, -0.2) is 21.9 Å². The highest BCUT2D eigenvalue weighted by atomic mass is 16.3. The van der Waals surface area contributed by atoms with Crippen LogP contribution in [0.2, 0.25) is 0 Å². The number of benzene rings is 2. The van der Waals surface area contributed by atoms with Gasteiger partial charge in [-0.25, -0.2) is 0 Å². The van der Waals surface area contributed by atoms with Crippen LogP contribution in [0.1, 0.15) is 23.5 Å². The molecule has 2 aromatic carbocycles. The Morgan fingerprint density at radius 2 is 1.56 bits per heavy atom. The molecule has 0 bridgehead atoms. The van der Waals surface area contributed by atoms with E-state index in [1.807, 2.05) is 24.3 Å². The smallest absolute Gasteiger partial charge is 0.119 e. The van der Waals surface area contributed by atoms with Crippen LogP contribution in [0.25, 0.3) is 0 Å². The van der Waals surface area contributed by atoms with Gasteiger partial charge in [0, 0.05) is 18.1 Å². The monoisotopic (exact) mass is 244 g/mol. The van der Waals surface area contributed by atoms with Crippen LogP contribution in [0.3, 0.4) is 0 Å². The van der Waals surface area contributed by atoms with Crippen molar-refractivity contribution in [1.82, 2.24) is 0 Å². The highest BCUT2D eigenvalue weighted by Gasteiger charge is 2.16. The Balaban J connectivity index is 2.40. The third-order valence-electron chi connectivity index (χ3n) is 3.03. The number of aromatic hydroxyl groups is 2. The fourth-order valence-corrected chi connectivity index (χ4v) is 2.12. The Hall–Kier alpha value is -2.00. The Kier molecular flexibility index (Phi) is 3.85. The van der Waals surface area contributed by atoms with Crippen molar-refractivity contribution in [1.29, 1.82) is 0 Å². The number of rotatable bonds is 4. The first kappa shape index (κ1) is 12.5. The highest BCUT2D eigenvalue weighted by Crippen LogP contribution is 2.33. The second-order valence-corrected chi connectivity index (χ2v) is 4.22. The normalized spacial score (nSPS) is 12.3. The van der Waals surface area contributed by atoms with Gasteiger partial charge in [0.1, 0.15) is 11.5 Å². The quantitative estimate of drug-likeness (QED) is 0.774. The molecular weight excluding hydrogens is 228 g/mol. The third kappa shape index (κ3) is 2.63. The molecule has 0 radical (unpaired) electrons. The van der Waals surface area contributed by atoms with E-state index in [4.69, 9.17) is 0 Å². The van der Waals surface area contributed by atoms with Crippen LogP contribution >= 0.6 is 0 Å². The van der Waals surface area contributed by atoms with Gasteiger partial charge in [-0.2, -0.15) is 0 Å². The topological polar surface area (TPSA) is 60.7 Å². The molecule has 0 saturated carbocycles. The number of phenols is 2. The maximum atomic E-state index is 9.89. The average molecular weight is 244 g/mol. The van der Waals surface area contributed by atoms with E-state index in [2.05, 4.69) is 0 Å². The molecule has 18 heavy (non-hydrogen) atoms. The first-order valence-electron chi connectivity index (χ1n) is 5.90. The summed E-state index contributed by atoms with van der Waals surface area (Å²) in [4.78, 5) is 0. The van der Waals surface area contributed by atoms with Gasteiger partial charge in [-0.3, -0.25) is 0 Å². The van der Waals surface area contributed by atoms with Gasteiger partial charge in [0.2, 0.25) is 0 Å². The number of para-hydroxylation sites is 1. The third-order valence-corrected chi connectivity index (χ3v) is 3.03. The van der Waals surface area contributed by atoms with Crippen LogP contribution in [0.15, 0.2) is 48.5 Å². The molecule has 0 aromatic heterocycles. The second kappa shape index (κ2) is 5.56. The zero-order valence-electron chi connectivity index (χ0n) is 9.95. The van der Waals surface area contributed by atoms with Gasteiger partial charge in [0.25, 0.3) is 0 Å². The van der Waals surface area contributed by atoms with E-state index in [1.54, 1.807) is 24.3 Å². The first-order chi connectivity index (χ1) is 8.72. The van der Waals surface area contributed by atoms with Crippen molar-refractivity contribution in [2.45, 2.75) is 12.3 Å². The predicted octanol–water partition coefficient (Wildman–Crippen LogP) is 2.61. The molecule has 94 valence electrons. The van der Waals surface area contributed by atoms with E-state index < -0.39 is 0 Å². The van der Waals surface area contributed by atoms with E-state index in [1.165, 1.54) is 0 Å². The summed E-state index contributed by atoms with van der Waals surface area (Å²) < 4.78 is 0. The Morgan fingerprint density at radius 3 is 2.17 bits per heavy atom. The number of hydrogen-bond donors (Lipinski definition) is 3. The first-order valence-corrected chi connectivity index (χ1v) is 5.90. The summed E-state index contributed by atoms with van der Waals surface area (Å²) in [5, 5.41) is 28.4. The van der Waals surface area contributed by atoms with Gasteiger partial charge in [-0.15, -0.1) is 0 Å². The van der Waals surface area contributed by atoms with Gasteiger partial charge >= 0.3 is 0 Å². The molecule has 3 nitrogen and oxygen atoms in total. The minimum Gasteiger partial charge on any atom is -0.508 e. The van der Waals surface area contributed by atoms with Crippen molar-refractivity contribution in [3.8, 4) is 11.5 Å². The molecule has 0 saturated heterocycles. The summed E-state index contributed by atoms with van der Waals surface area (Å²) >= 11 is 0. The van der Waals surface area contributed by atoms with Crippen molar-refractivity contribution >= 4 is 0 Å². The summed E-state index contributed by atoms with van der Waals surface area (Å²) in [5.74, 6) is 0.361. The molecule has 3 heteroatoms. The summed E-state index contributed by atoms with van der Waals surface area (Å²) in [7, 11) is 0. The standard InChI is InChI=1S/C15H16O3/c16-10-9-13(11-5-7-12(17)8-6-11)14-3-1-2-4-15(14)18/h1-8,13,16-18H,9-10H2. The lowest BCUT2D eigenvalue weighted by Crippen LogP contribution is -2.03. The fraction of sp³-hybridized carbons (Fsp3) is 0.200. The maximum absolute atomic E-state index is 9.89. The second-order valence-electron chi connectivity index (χ2n) is 4.22. The number of aliphatic hydroxyl groups is 1. The number of hydrogen-bond acceptors (Lipinski definition) is 3. The van der Waals surface area contributed by atoms with Crippen LogP contribution in [0, 0.1) is 0 Å². The molecule has 3 N–H and O–H groups in total. The largest absolute Gasteiger partial charge is 0.508 e. The molecule has 0 aliphatic carbocycles. The van der Waals surface area contributed by atoms with Gasteiger partial charge in [0.05, 0.1) is 0 Å². The molecule has 0 fully saturated rings. The fourth-order valence-electron chi connectivity index (χ4n) is 2.12. The summed E-state index contributed by atoms with van der Waals surface area (Å²) in [6.45, 7) is 0.0415. The van der Waals surface area contributed by atoms with E-state index in [0.717, 1.165) is 11.1 Å². The van der Waals surface area contributed by atoms with Crippen LogP contribution < -0.4 is 0 Å². The molecule has 2 rings (SSSR count). The predicted molar refractivity (Wildman–Crippen MR) is 69.8 cm³/mol. The minimum absolute atomic E-state index is 0.0415. The van der Waals surface area contributed by atoms with Gasteiger partial charge < -0.3 is 15.3 Å². The summed E-state index contributed by atoms with van der Waals surface area (Å²) in [6.07, 6.45) is 0.530. The van der Waals surface area contributed by atoms with Crippen molar-refractivity contribution in [2.24, 2.45) is 0 Å². The van der Waals surface area contributed by atoms with E-state index >= 15 is 0 Å². The van der Waals surface area contributed by atoms with Crippen LogP contribution in [0.4, 0.5) is 0 Å². The lowest BCUT2D eigenvalue weighted by atomic mass is 9.88. The molecule has 1 unspecified atom stereocenters. The molecule has 0 heterocycles. The van der Waals surface area contributed by atoms with Crippen molar-refractivity contribution in [3.63, 3.8) is 0 Å². The lowest BCUT2D eigenvalue weighted by Gasteiger charge is -2.18. The number of phenolic OH excluding ortho intramolecular Hbond substituents is 2. The molecular formula is C15H16O3. The van der Waals surface area contributed by atoms with Crippen molar-refractivity contribution in [3.05, 3.63) is 59.7 Å². The SMILES string of the molecule is OCCC(c1ccc(O)cc1)c1ccccc1O. The highest BCUT2D eigenvalue weighted by molar-refractivity contribution is 5.42. The number of aliphatic hydroxyl groups excluding tert-OH is 1. The van der Waals surface area contributed by atoms with Gasteiger partial charge in [-0.05, 0) is 30.2 Å². The zero-order chi connectivity index (χ0) is 13.0.